The largest absolute Gasteiger partial charge is 0.392 e. The van der Waals surface area contributed by atoms with Crippen LogP contribution < -0.4 is 0 Å². The second-order valence-corrected chi connectivity index (χ2v) is 3.82. The highest BCUT2D eigenvalue weighted by Gasteiger charge is 2.25. The van der Waals surface area contributed by atoms with Gasteiger partial charge in [-0.05, 0) is 12.8 Å². The highest BCUT2D eigenvalue weighted by molar-refractivity contribution is 6.90. The molecular weight excluding hydrogens is 164 g/mol. The third-order valence-corrected chi connectivity index (χ3v) is 2.78. The Labute approximate surface area is 69.7 Å². The van der Waals surface area contributed by atoms with Crippen molar-refractivity contribution in [3.05, 3.63) is 0 Å². The fourth-order valence-electron chi connectivity index (χ4n) is 0.488. The Kier molecular flexibility index (Phi) is 4.03. The van der Waals surface area contributed by atoms with E-state index in [1.807, 2.05) is 20.8 Å². The molecule has 0 aromatic heterocycles. The second-order valence-electron chi connectivity index (χ2n) is 2.66. The Morgan fingerprint density at radius 1 is 1.70 bits per heavy atom. The van der Waals surface area contributed by atoms with Crippen molar-refractivity contribution in [2.24, 2.45) is 5.92 Å². The minimum absolute atomic E-state index is 0.323. The minimum Gasteiger partial charge on any atom is -0.392 e. The van der Waals surface area contributed by atoms with Crippen LogP contribution in [-0.2, 0) is 4.43 Å². The zero-order chi connectivity index (χ0) is 8.20. The summed E-state index contributed by atoms with van der Waals surface area (Å²) in [7, 11) is -0.914. The van der Waals surface area contributed by atoms with E-state index >= 15 is 0 Å². The number of terminal acetylenes is 1. The molecule has 0 radical (unpaired) electrons. The number of hydrogen-bond acceptors (Lipinski definition) is 1. The molecule has 0 rings (SSSR count). The quantitative estimate of drug-likeness (QED) is 0.358. The van der Waals surface area contributed by atoms with Crippen molar-refractivity contribution in [1.82, 2.24) is 0 Å². The SMILES string of the molecule is C#CC(C)(O[SiH2]Cl)C(C)C. The lowest BCUT2D eigenvalue weighted by Gasteiger charge is -2.27. The van der Waals surface area contributed by atoms with Gasteiger partial charge in [0.1, 0.15) is 5.60 Å². The van der Waals surface area contributed by atoms with Crippen molar-refractivity contribution in [3.8, 4) is 12.3 Å². The van der Waals surface area contributed by atoms with Crippen LogP contribution in [0.2, 0.25) is 0 Å². The fraction of sp³-hybridized carbons (Fsp3) is 0.714. The maximum Gasteiger partial charge on any atom is 0.260 e. The Hall–Kier alpha value is 0.0269. The van der Waals surface area contributed by atoms with Crippen molar-refractivity contribution in [2.75, 3.05) is 0 Å². The van der Waals surface area contributed by atoms with Gasteiger partial charge in [0.25, 0.3) is 9.07 Å². The molecule has 0 heterocycles. The molecule has 0 bridgehead atoms. The zero-order valence-electron chi connectivity index (χ0n) is 6.65. The summed E-state index contributed by atoms with van der Waals surface area (Å²) in [5.74, 6) is 2.93. The highest BCUT2D eigenvalue weighted by Crippen LogP contribution is 2.19. The van der Waals surface area contributed by atoms with E-state index in [1.165, 1.54) is 0 Å². The third kappa shape index (κ3) is 2.34. The van der Waals surface area contributed by atoms with Crippen LogP contribution in [0.25, 0.3) is 0 Å². The van der Waals surface area contributed by atoms with Gasteiger partial charge in [0, 0.05) is 0 Å². The van der Waals surface area contributed by atoms with Gasteiger partial charge in [0.2, 0.25) is 0 Å². The zero-order valence-corrected chi connectivity index (χ0v) is 8.82. The van der Waals surface area contributed by atoms with Crippen molar-refractivity contribution in [2.45, 2.75) is 26.4 Å². The van der Waals surface area contributed by atoms with Crippen LogP contribution in [0.15, 0.2) is 0 Å². The highest BCUT2D eigenvalue weighted by atomic mass is 35.6. The third-order valence-electron chi connectivity index (χ3n) is 1.74. The maximum atomic E-state index is 5.53. The Morgan fingerprint density at radius 2 is 2.20 bits per heavy atom. The molecule has 1 atom stereocenters. The molecule has 0 amide bonds. The molecular formula is C7H13ClOSi. The van der Waals surface area contributed by atoms with Crippen molar-refractivity contribution < 1.29 is 4.43 Å². The number of hydrogen-bond donors (Lipinski definition) is 0. The van der Waals surface area contributed by atoms with E-state index < -0.39 is 14.7 Å². The maximum absolute atomic E-state index is 5.53. The van der Waals surface area contributed by atoms with E-state index in [2.05, 4.69) is 5.92 Å². The fourth-order valence-corrected chi connectivity index (χ4v) is 1.81. The van der Waals surface area contributed by atoms with E-state index in [0.717, 1.165) is 0 Å². The first-order chi connectivity index (χ1) is 4.56. The monoisotopic (exact) mass is 176 g/mol. The average molecular weight is 177 g/mol. The van der Waals surface area contributed by atoms with E-state index in [4.69, 9.17) is 21.9 Å². The summed E-state index contributed by atoms with van der Waals surface area (Å²) in [5.41, 5.74) is -0.450. The molecule has 0 spiro atoms. The smallest absolute Gasteiger partial charge is 0.260 e. The molecule has 0 aliphatic carbocycles. The first-order valence-corrected chi connectivity index (χ1v) is 5.96. The summed E-state index contributed by atoms with van der Waals surface area (Å²) in [6.45, 7) is 5.95. The van der Waals surface area contributed by atoms with Gasteiger partial charge in [-0.2, -0.15) is 0 Å². The standard InChI is InChI=1S/C7H13ClOSi/c1-5-7(4,6(2)3)9-10-8/h1,6H,10H2,2-4H3. The lowest BCUT2D eigenvalue weighted by atomic mass is 9.94. The summed E-state index contributed by atoms with van der Waals surface area (Å²) >= 11 is 5.53. The molecule has 0 aromatic rings. The van der Waals surface area contributed by atoms with Crippen LogP contribution in [0.4, 0.5) is 0 Å². The van der Waals surface area contributed by atoms with Crippen LogP contribution >= 0.6 is 11.1 Å². The lowest BCUT2D eigenvalue weighted by molar-refractivity contribution is 0.110. The summed E-state index contributed by atoms with van der Waals surface area (Å²) < 4.78 is 5.31. The molecule has 3 heteroatoms. The van der Waals surface area contributed by atoms with Gasteiger partial charge in [-0.3, -0.25) is 0 Å². The summed E-state index contributed by atoms with van der Waals surface area (Å²) in [6.07, 6.45) is 5.28. The first kappa shape index (κ1) is 10.0. The molecule has 0 aromatic carbocycles. The molecule has 1 nitrogen and oxygen atoms in total. The van der Waals surface area contributed by atoms with Crippen LogP contribution in [0.1, 0.15) is 20.8 Å². The van der Waals surface area contributed by atoms with Gasteiger partial charge in [-0.1, -0.05) is 19.8 Å². The van der Waals surface area contributed by atoms with Gasteiger partial charge in [-0.25, -0.2) is 0 Å². The molecule has 0 aliphatic heterocycles. The predicted octanol–water partition coefficient (Wildman–Crippen LogP) is 1.29. The normalized spacial score (nSPS) is 17.6. The average Bonchev–Trinajstić information content (AvgIpc) is 1.88. The molecule has 0 N–H and O–H groups in total. The molecule has 0 fully saturated rings. The van der Waals surface area contributed by atoms with Gasteiger partial charge in [0.15, 0.2) is 0 Å². The van der Waals surface area contributed by atoms with Crippen LogP contribution in [0.3, 0.4) is 0 Å². The van der Waals surface area contributed by atoms with E-state index in [9.17, 15) is 0 Å². The van der Waals surface area contributed by atoms with Crippen LogP contribution in [0, 0.1) is 18.3 Å². The van der Waals surface area contributed by atoms with Crippen molar-refractivity contribution in [3.63, 3.8) is 0 Å². The van der Waals surface area contributed by atoms with E-state index in [-0.39, 0.29) is 0 Å². The van der Waals surface area contributed by atoms with Gasteiger partial charge in [0.05, 0.1) is 0 Å². The van der Waals surface area contributed by atoms with Gasteiger partial charge < -0.3 is 4.43 Å². The molecule has 1 unspecified atom stereocenters. The van der Waals surface area contributed by atoms with Gasteiger partial charge in [-0.15, -0.1) is 17.5 Å². The summed E-state index contributed by atoms with van der Waals surface area (Å²) in [6, 6.07) is 0. The number of halogens is 1. The first-order valence-electron chi connectivity index (χ1n) is 3.24. The van der Waals surface area contributed by atoms with Crippen molar-refractivity contribution in [1.29, 1.82) is 0 Å². The summed E-state index contributed by atoms with van der Waals surface area (Å²) in [4.78, 5) is 0. The Balaban J connectivity index is 4.12. The van der Waals surface area contributed by atoms with E-state index in [1.54, 1.807) is 0 Å². The lowest BCUT2D eigenvalue weighted by Crippen LogP contribution is -2.33. The van der Waals surface area contributed by atoms with Crippen molar-refractivity contribution >= 4 is 20.2 Å². The molecule has 0 saturated carbocycles. The Bertz CT molecular complexity index is 141. The summed E-state index contributed by atoms with van der Waals surface area (Å²) in [5, 5.41) is 0. The molecule has 0 aliphatic rings. The number of rotatable bonds is 3. The van der Waals surface area contributed by atoms with Crippen LogP contribution in [0.5, 0.6) is 0 Å². The van der Waals surface area contributed by atoms with E-state index in [0.29, 0.717) is 5.92 Å². The predicted molar refractivity (Wildman–Crippen MR) is 47.6 cm³/mol. The second kappa shape index (κ2) is 4.02. The topological polar surface area (TPSA) is 9.23 Å². The molecule has 10 heavy (non-hydrogen) atoms. The van der Waals surface area contributed by atoms with Crippen LogP contribution in [-0.4, -0.2) is 14.7 Å². The Morgan fingerprint density at radius 3 is 2.30 bits per heavy atom. The molecule has 0 saturated heterocycles. The van der Waals surface area contributed by atoms with Gasteiger partial charge >= 0.3 is 0 Å². The minimum atomic E-state index is -0.914. The molecule has 58 valence electrons.